The van der Waals surface area contributed by atoms with Gasteiger partial charge in [-0.1, -0.05) is 44.1 Å². The number of anilines is 1. The number of esters is 1. The summed E-state index contributed by atoms with van der Waals surface area (Å²) in [4.78, 5) is 36.9. The summed E-state index contributed by atoms with van der Waals surface area (Å²) in [6.07, 6.45) is -4.42. The van der Waals surface area contributed by atoms with Crippen LogP contribution in [0.2, 0.25) is 0 Å². The third-order valence-electron chi connectivity index (χ3n) is 5.98. The van der Waals surface area contributed by atoms with Gasteiger partial charge in [0, 0.05) is 11.2 Å². The van der Waals surface area contributed by atoms with Crippen LogP contribution in [-0.4, -0.2) is 90.8 Å². The molecule has 248 valence electrons. The van der Waals surface area contributed by atoms with E-state index in [-0.39, 0.29) is 47.1 Å². The highest BCUT2D eigenvalue weighted by Crippen LogP contribution is 2.49. The minimum absolute atomic E-state index is 0.0258. The summed E-state index contributed by atoms with van der Waals surface area (Å²) in [5, 5.41) is 10.2. The van der Waals surface area contributed by atoms with Crippen LogP contribution in [0.3, 0.4) is 0 Å². The van der Waals surface area contributed by atoms with Crippen LogP contribution in [-0.2, 0) is 32.7 Å². The first-order chi connectivity index (χ1) is 20.4. The number of nitrogen functional groups attached to an aromatic ring is 1. The van der Waals surface area contributed by atoms with E-state index >= 15 is 4.39 Å². The molecule has 19 heteroatoms. The largest absolute Gasteiger partial charge is 0.476 e. The van der Waals surface area contributed by atoms with Crippen LogP contribution < -0.4 is 15.6 Å². The first kappa shape index (κ1) is 36.4. The summed E-state index contributed by atoms with van der Waals surface area (Å²) >= 11 is 7.12. The Bertz CT molecular complexity index is 1380. The van der Waals surface area contributed by atoms with E-state index in [0.717, 1.165) is 16.3 Å². The number of thioether (sulfide) groups is 1. The maximum atomic E-state index is 15.8. The van der Waals surface area contributed by atoms with E-state index in [0.29, 0.717) is 0 Å². The van der Waals surface area contributed by atoms with Gasteiger partial charge in [-0.15, -0.1) is 0 Å². The molecule has 1 aliphatic heterocycles. The van der Waals surface area contributed by atoms with E-state index in [4.69, 9.17) is 40.6 Å². The van der Waals surface area contributed by atoms with Gasteiger partial charge < -0.3 is 25.1 Å². The number of carbonyl (C=O) groups is 2. The highest BCUT2D eigenvalue weighted by atomic mass is 35.5. The molecular formula is C25H39ClFN6O9PS. The average Bonchev–Trinajstić information content (AvgIpc) is 3.42. The smallest absolute Gasteiger partial charge is 0.406 e. The highest BCUT2D eigenvalue weighted by Gasteiger charge is 2.58. The van der Waals surface area contributed by atoms with Gasteiger partial charge in [-0.05, 0) is 27.7 Å². The number of halogens is 2. The number of nitrogens with one attached hydrogen (secondary N) is 1. The molecule has 1 aliphatic rings. The van der Waals surface area contributed by atoms with Crippen molar-refractivity contribution in [2.45, 2.75) is 84.2 Å². The molecule has 0 aliphatic carbocycles. The Labute approximate surface area is 263 Å². The normalized spacial score (nSPS) is 24.4. The number of nitrogens with two attached hydrogens (primary N) is 1. The van der Waals surface area contributed by atoms with E-state index in [1.54, 1.807) is 41.5 Å². The number of hydrogen-bond donors (Lipinski definition) is 3. The van der Waals surface area contributed by atoms with Gasteiger partial charge in [-0.25, -0.2) is 19.0 Å². The van der Waals surface area contributed by atoms with Crippen molar-refractivity contribution < 1.29 is 46.9 Å². The second-order valence-corrected chi connectivity index (χ2v) is 14.6. The minimum atomic E-state index is -4.34. The lowest BCUT2D eigenvalue weighted by Gasteiger charge is -2.25. The van der Waals surface area contributed by atoms with E-state index in [9.17, 15) is 19.3 Å². The summed E-state index contributed by atoms with van der Waals surface area (Å²) in [6, 6.07) is -1.15. The minimum Gasteiger partial charge on any atom is -0.476 e. The van der Waals surface area contributed by atoms with Gasteiger partial charge in [0.15, 0.2) is 22.5 Å². The molecule has 3 rings (SSSR count). The van der Waals surface area contributed by atoms with Crippen molar-refractivity contribution in [2.75, 3.05) is 31.3 Å². The number of carbonyl (C=O) groups excluding carboxylic acids is 2. The number of aliphatic hydroxyl groups excluding tert-OH is 1. The molecule has 44 heavy (non-hydrogen) atoms. The molecule has 15 nitrogen and oxygen atoms in total. The number of aliphatic hydroxyl groups is 1. The Hall–Kier alpha value is -2.11. The second-order valence-electron chi connectivity index (χ2n) is 11.1. The zero-order valence-electron chi connectivity index (χ0n) is 25.5. The van der Waals surface area contributed by atoms with Crippen LogP contribution in [0.1, 0.15) is 54.7 Å². The van der Waals surface area contributed by atoms with Crippen LogP contribution >= 0.6 is 31.1 Å². The maximum Gasteiger partial charge on any atom is 0.406 e. The van der Waals surface area contributed by atoms with Gasteiger partial charge in [0.2, 0.25) is 11.8 Å². The lowest BCUT2D eigenvalue weighted by Crippen LogP contribution is -2.39. The van der Waals surface area contributed by atoms with Crippen LogP contribution in [0.5, 0.6) is 5.88 Å². The topological polar surface area (TPSA) is 199 Å². The van der Waals surface area contributed by atoms with E-state index < -0.39 is 61.4 Å². The summed E-state index contributed by atoms with van der Waals surface area (Å²) in [7, 11) is -4.34. The number of hydrogen-bond acceptors (Lipinski definition) is 14. The summed E-state index contributed by atoms with van der Waals surface area (Å²) < 4.78 is 58.0. The molecule has 0 bridgehead atoms. The van der Waals surface area contributed by atoms with Gasteiger partial charge in [-0.2, -0.15) is 9.97 Å². The average molecular weight is 685 g/mol. The van der Waals surface area contributed by atoms with Crippen LogP contribution in [0.15, 0.2) is 6.33 Å². The monoisotopic (exact) mass is 684 g/mol. The first-order valence-corrected chi connectivity index (χ1v) is 16.7. The molecule has 4 N–H and O–H groups in total. The van der Waals surface area contributed by atoms with Gasteiger partial charge in [0.25, 0.3) is 5.13 Å². The standard InChI is InChI=1S/C25H39ClFN6O9PS/c1-8-38-19-16-18(30-23(28)31-19)33(12-29-16)21-25(26,27)17(34)15(42-21)11-40-43(37,32-14(4)20(35)41-13(2)3)39-9-10-44-22(36)24(5,6)7/h12-15,17,21,34H,8-11H2,1-7H3,(H,32,37)(H2,28,30,31)/t14-,15-,17-,21-,25-,43+/m1/s1. The van der Waals surface area contributed by atoms with Crippen LogP contribution in [0.25, 0.3) is 11.2 Å². The van der Waals surface area contributed by atoms with Crippen molar-refractivity contribution >= 4 is 59.3 Å². The lowest BCUT2D eigenvalue weighted by atomic mass is 10.00. The lowest BCUT2D eigenvalue weighted by molar-refractivity contribution is -0.149. The van der Waals surface area contributed by atoms with Gasteiger partial charge >= 0.3 is 13.7 Å². The number of rotatable bonds is 14. The fraction of sp³-hybridized carbons (Fsp3) is 0.720. The van der Waals surface area contributed by atoms with Crippen molar-refractivity contribution in [1.82, 2.24) is 24.6 Å². The summed E-state index contributed by atoms with van der Waals surface area (Å²) in [5.41, 5.74) is 5.36. The van der Waals surface area contributed by atoms with Crippen molar-refractivity contribution in [3.8, 4) is 5.88 Å². The third kappa shape index (κ3) is 8.78. The van der Waals surface area contributed by atoms with Gasteiger partial charge in [0.05, 0.1) is 32.3 Å². The van der Waals surface area contributed by atoms with E-state index in [1.165, 1.54) is 13.3 Å². The zero-order chi connectivity index (χ0) is 33.0. The number of alkyl halides is 2. The molecule has 0 unspecified atom stereocenters. The summed E-state index contributed by atoms with van der Waals surface area (Å²) in [5.74, 6) is -0.733. The quantitative estimate of drug-likeness (QED) is 0.113. The summed E-state index contributed by atoms with van der Waals surface area (Å²) in [6.45, 7) is 11.0. The molecule has 3 heterocycles. The van der Waals surface area contributed by atoms with Crippen molar-refractivity contribution in [3.63, 3.8) is 0 Å². The molecular weight excluding hydrogens is 646 g/mol. The van der Waals surface area contributed by atoms with Crippen molar-refractivity contribution in [1.29, 1.82) is 0 Å². The Morgan fingerprint density at radius 1 is 1.32 bits per heavy atom. The molecule has 0 amide bonds. The van der Waals surface area contributed by atoms with Crippen molar-refractivity contribution in [2.24, 2.45) is 5.41 Å². The Morgan fingerprint density at radius 2 is 2.00 bits per heavy atom. The molecule has 1 fully saturated rings. The maximum absolute atomic E-state index is 15.8. The molecule has 0 saturated carbocycles. The van der Waals surface area contributed by atoms with Crippen LogP contribution in [0, 0.1) is 5.41 Å². The number of fused-ring (bicyclic) bond motifs is 1. The van der Waals surface area contributed by atoms with Crippen LogP contribution in [0.4, 0.5) is 10.3 Å². The predicted molar refractivity (Wildman–Crippen MR) is 161 cm³/mol. The molecule has 0 aromatic carbocycles. The van der Waals surface area contributed by atoms with Gasteiger partial charge in [0.1, 0.15) is 18.2 Å². The fourth-order valence-corrected chi connectivity index (χ4v) is 6.52. The van der Waals surface area contributed by atoms with Crippen molar-refractivity contribution in [3.05, 3.63) is 6.33 Å². The molecule has 2 aromatic heterocycles. The zero-order valence-corrected chi connectivity index (χ0v) is 28.0. The molecule has 0 spiro atoms. The Morgan fingerprint density at radius 3 is 2.61 bits per heavy atom. The molecule has 2 aromatic rings. The number of aromatic nitrogens is 4. The number of nitrogens with zero attached hydrogens (tertiary/aromatic N) is 4. The SMILES string of the molecule is CCOc1nc(N)nc2c1ncn2[C@@H]1O[C@H](CO[P@](=O)(N[C@H](C)C(=O)OC(C)C)OCCSC(=O)C(C)(C)C)[C@@H](O)[C@]1(F)Cl. The number of ether oxygens (including phenoxy) is 3. The molecule has 1 saturated heterocycles. The molecule has 6 atom stereocenters. The predicted octanol–water partition coefficient (Wildman–Crippen LogP) is 3.35. The number of imidazole rings is 1. The third-order valence-corrected chi connectivity index (χ3v) is 9.35. The Balaban J connectivity index is 1.78. The van der Waals surface area contributed by atoms with E-state index in [1.807, 2.05) is 0 Å². The Kier molecular flexibility index (Phi) is 12.0. The molecule has 0 radical (unpaired) electrons. The first-order valence-electron chi connectivity index (χ1n) is 13.8. The van der Waals surface area contributed by atoms with E-state index in [2.05, 4.69) is 20.0 Å². The van der Waals surface area contributed by atoms with Gasteiger partial charge in [-0.3, -0.25) is 23.2 Å². The fourth-order valence-electron chi connectivity index (χ4n) is 3.84. The second kappa shape index (κ2) is 14.5. The highest BCUT2D eigenvalue weighted by molar-refractivity contribution is 8.13.